The van der Waals surface area contributed by atoms with Crippen LogP contribution in [0.25, 0.3) is 0 Å². The van der Waals surface area contributed by atoms with Gasteiger partial charge in [0, 0.05) is 21.8 Å². The van der Waals surface area contributed by atoms with Gasteiger partial charge in [-0.1, -0.05) is 0 Å². The molecule has 78 valence electrons. The lowest BCUT2D eigenvalue weighted by Gasteiger charge is -2.11. The second kappa shape index (κ2) is 5.00. The van der Waals surface area contributed by atoms with Gasteiger partial charge in [-0.05, 0) is 15.9 Å². The van der Waals surface area contributed by atoms with Gasteiger partial charge in [0.15, 0.2) is 0 Å². The summed E-state index contributed by atoms with van der Waals surface area (Å²) in [6.45, 7) is -0.492. The summed E-state index contributed by atoms with van der Waals surface area (Å²) in [6, 6.07) is 0. The second-order valence-corrected chi connectivity index (χ2v) is 3.66. The van der Waals surface area contributed by atoms with Crippen LogP contribution in [-0.2, 0) is 12.5 Å². The largest absolute Gasteiger partial charge is 0.392 e. The lowest BCUT2D eigenvalue weighted by atomic mass is 10.1. The van der Waals surface area contributed by atoms with Crippen LogP contribution < -0.4 is 0 Å². The summed E-state index contributed by atoms with van der Waals surface area (Å²) in [6.07, 6.45) is -1.39. The molecule has 14 heavy (non-hydrogen) atoms. The van der Waals surface area contributed by atoms with Crippen molar-refractivity contribution in [3.05, 3.63) is 27.5 Å². The number of nitrogens with zero attached hydrogens (tertiary/aromatic N) is 1. The molecule has 0 unspecified atom stereocenters. The molecule has 1 N–H and O–H groups in total. The normalized spacial score (nSPS) is 11.0. The first-order valence-corrected chi connectivity index (χ1v) is 5.05. The fraction of sp³-hybridized carbons (Fsp3) is 0.375. The molecular weight excluding hydrogens is 279 g/mol. The van der Waals surface area contributed by atoms with Crippen LogP contribution in [0.4, 0.5) is 8.78 Å². The summed E-state index contributed by atoms with van der Waals surface area (Å²) in [5.74, 6) is 0.00287. The smallest absolute Gasteiger partial charge is 0.265 e. The standard InChI is InChI=1S/C8H7BrClF2NO/c9-5-2-13-6(1-10)4(3-14)7(5)8(11)12/h2,8,14H,1,3H2. The van der Waals surface area contributed by atoms with Crippen LogP contribution in [0.3, 0.4) is 0 Å². The third kappa shape index (κ3) is 2.21. The van der Waals surface area contributed by atoms with E-state index in [1.54, 1.807) is 0 Å². The number of aliphatic hydroxyl groups is 1. The minimum absolute atomic E-state index is 0.00287. The Balaban J connectivity index is 3.35. The Labute approximate surface area is 93.0 Å². The number of aromatic nitrogens is 1. The van der Waals surface area contributed by atoms with Crippen LogP contribution in [0.5, 0.6) is 0 Å². The first-order valence-electron chi connectivity index (χ1n) is 3.73. The monoisotopic (exact) mass is 285 g/mol. The quantitative estimate of drug-likeness (QED) is 0.867. The van der Waals surface area contributed by atoms with Crippen LogP contribution in [0.15, 0.2) is 10.7 Å². The number of hydrogen-bond acceptors (Lipinski definition) is 2. The fourth-order valence-electron chi connectivity index (χ4n) is 1.11. The maximum Gasteiger partial charge on any atom is 0.265 e. The third-order valence-electron chi connectivity index (χ3n) is 1.77. The van der Waals surface area contributed by atoms with Crippen LogP contribution >= 0.6 is 27.5 Å². The highest BCUT2D eigenvalue weighted by molar-refractivity contribution is 9.10. The van der Waals surface area contributed by atoms with E-state index in [-0.39, 0.29) is 27.2 Å². The lowest BCUT2D eigenvalue weighted by Crippen LogP contribution is -2.03. The van der Waals surface area contributed by atoms with Gasteiger partial charge in [0.25, 0.3) is 6.43 Å². The van der Waals surface area contributed by atoms with Crippen LogP contribution in [-0.4, -0.2) is 10.1 Å². The van der Waals surface area contributed by atoms with Crippen molar-refractivity contribution in [1.82, 2.24) is 4.98 Å². The van der Waals surface area contributed by atoms with E-state index < -0.39 is 13.0 Å². The molecule has 0 aliphatic heterocycles. The second-order valence-electron chi connectivity index (χ2n) is 2.54. The fourth-order valence-corrected chi connectivity index (χ4v) is 1.85. The molecule has 6 heteroatoms. The van der Waals surface area contributed by atoms with E-state index in [1.807, 2.05) is 0 Å². The predicted octanol–water partition coefficient (Wildman–Crippen LogP) is 3.01. The van der Waals surface area contributed by atoms with Crippen molar-refractivity contribution in [1.29, 1.82) is 0 Å². The number of halogens is 4. The van der Waals surface area contributed by atoms with E-state index in [0.29, 0.717) is 0 Å². The van der Waals surface area contributed by atoms with Crippen LogP contribution in [0.2, 0.25) is 0 Å². The average Bonchev–Trinajstić information content (AvgIpc) is 2.16. The minimum Gasteiger partial charge on any atom is -0.392 e. The topological polar surface area (TPSA) is 33.1 Å². The summed E-state index contributed by atoms with van der Waals surface area (Å²) >= 11 is 8.46. The molecule has 0 atom stereocenters. The van der Waals surface area contributed by atoms with Gasteiger partial charge in [0.05, 0.1) is 18.2 Å². The Bertz CT molecular complexity index is 335. The van der Waals surface area contributed by atoms with E-state index in [9.17, 15) is 8.78 Å². The molecule has 2 nitrogen and oxygen atoms in total. The number of alkyl halides is 3. The number of aliphatic hydroxyl groups excluding tert-OH is 1. The number of pyridine rings is 1. The molecular formula is C8H7BrClF2NO. The van der Waals surface area contributed by atoms with Crippen molar-refractivity contribution >= 4 is 27.5 Å². The zero-order valence-electron chi connectivity index (χ0n) is 6.98. The lowest BCUT2D eigenvalue weighted by molar-refractivity contribution is 0.146. The zero-order chi connectivity index (χ0) is 10.7. The molecule has 0 saturated heterocycles. The zero-order valence-corrected chi connectivity index (χ0v) is 9.32. The van der Waals surface area contributed by atoms with Crippen LogP contribution in [0, 0.1) is 0 Å². The molecule has 0 radical (unpaired) electrons. The molecule has 0 fully saturated rings. The van der Waals surface area contributed by atoms with Gasteiger partial charge in [-0.2, -0.15) is 0 Å². The Hall–Kier alpha value is -0.260. The van der Waals surface area contributed by atoms with Gasteiger partial charge in [-0.15, -0.1) is 11.6 Å². The maximum absolute atomic E-state index is 12.6. The average molecular weight is 287 g/mol. The highest BCUT2D eigenvalue weighted by atomic mass is 79.9. The van der Waals surface area contributed by atoms with Crippen molar-refractivity contribution in [3.8, 4) is 0 Å². The molecule has 1 aromatic rings. The number of rotatable bonds is 3. The molecule has 1 rings (SSSR count). The molecule has 1 aromatic heterocycles. The summed E-state index contributed by atoms with van der Waals surface area (Å²) in [5.41, 5.74) is 0.148. The molecule has 0 aliphatic carbocycles. The summed E-state index contributed by atoms with van der Waals surface area (Å²) in [4.78, 5) is 3.84. The van der Waals surface area contributed by atoms with E-state index >= 15 is 0 Å². The van der Waals surface area contributed by atoms with E-state index in [4.69, 9.17) is 16.7 Å². The van der Waals surface area contributed by atoms with Gasteiger partial charge in [0.1, 0.15) is 0 Å². The van der Waals surface area contributed by atoms with E-state index in [0.717, 1.165) is 0 Å². The molecule has 0 saturated carbocycles. The van der Waals surface area contributed by atoms with Crippen molar-refractivity contribution in [2.24, 2.45) is 0 Å². The van der Waals surface area contributed by atoms with Gasteiger partial charge in [-0.3, -0.25) is 4.98 Å². The summed E-state index contributed by atoms with van der Waals surface area (Å²) in [5, 5.41) is 8.95. The molecule has 0 spiro atoms. The summed E-state index contributed by atoms with van der Waals surface area (Å²) in [7, 11) is 0. The van der Waals surface area contributed by atoms with E-state index in [2.05, 4.69) is 20.9 Å². The molecule has 0 aromatic carbocycles. The predicted molar refractivity (Wildman–Crippen MR) is 52.4 cm³/mol. The molecule has 0 bridgehead atoms. The van der Waals surface area contributed by atoms with Crippen molar-refractivity contribution in [3.63, 3.8) is 0 Å². The molecule has 0 amide bonds. The first kappa shape index (κ1) is 11.8. The Morgan fingerprint density at radius 3 is 2.64 bits per heavy atom. The molecule has 0 aliphatic rings. The van der Waals surface area contributed by atoms with Crippen molar-refractivity contribution < 1.29 is 13.9 Å². The Morgan fingerprint density at radius 2 is 2.21 bits per heavy atom. The first-order chi connectivity index (χ1) is 6.61. The maximum atomic E-state index is 12.6. The third-order valence-corrected chi connectivity index (χ3v) is 2.65. The highest BCUT2D eigenvalue weighted by Crippen LogP contribution is 2.31. The highest BCUT2D eigenvalue weighted by Gasteiger charge is 2.19. The van der Waals surface area contributed by atoms with Crippen molar-refractivity contribution in [2.45, 2.75) is 18.9 Å². The SMILES string of the molecule is OCc1c(CCl)ncc(Br)c1C(F)F. The van der Waals surface area contributed by atoms with E-state index in [1.165, 1.54) is 6.20 Å². The van der Waals surface area contributed by atoms with Gasteiger partial charge >= 0.3 is 0 Å². The molecule has 1 heterocycles. The van der Waals surface area contributed by atoms with Crippen LogP contribution in [0.1, 0.15) is 23.2 Å². The minimum atomic E-state index is -2.66. The Morgan fingerprint density at radius 1 is 1.57 bits per heavy atom. The van der Waals surface area contributed by atoms with Gasteiger partial charge < -0.3 is 5.11 Å². The Kier molecular flexibility index (Phi) is 4.22. The summed E-state index contributed by atoms with van der Waals surface area (Å²) < 4.78 is 25.3. The van der Waals surface area contributed by atoms with Gasteiger partial charge in [0.2, 0.25) is 0 Å². The number of hydrogen-bond donors (Lipinski definition) is 1. The van der Waals surface area contributed by atoms with Gasteiger partial charge in [-0.25, -0.2) is 8.78 Å². The van der Waals surface area contributed by atoms with Crippen molar-refractivity contribution in [2.75, 3.05) is 0 Å².